The minimum atomic E-state index is -0.0520. The van der Waals surface area contributed by atoms with Crippen LogP contribution in [0.4, 0.5) is 11.4 Å². The standard InChI is InChI=1S/C21H28N2O4/c1-14-13-16(9-10-17(14)23(2)3)22-19(24)12-8-15-7-11-18(25-4)21(27-6)20(15)26-5/h7,9-11,13H,8,12H2,1-6H3,(H,22,24). The molecule has 0 aliphatic rings. The maximum atomic E-state index is 12.4. The fourth-order valence-corrected chi connectivity index (χ4v) is 3.07. The van der Waals surface area contributed by atoms with Gasteiger partial charge in [0.25, 0.3) is 0 Å². The third kappa shape index (κ3) is 4.84. The van der Waals surface area contributed by atoms with Crippen molar-refractivity contribution in [1.29, 1.82) is 0 Å². The molecule has 6 nitrogen and oxygen atoms in total. The molecule has 0 radical (unpaired) electrons. The van der Waals surface area contributed by atoms with E-state index in [4.69, 9.17) is 14.2 Å². The Labute approximate surface area is 161 Å². The molecule has 0 heterocycles. The molecule has 0 unspecified atom stereocenters. The summed E-state index contributed by atoms with van der Waals surface area (Å²) in [6, 6.07) is 9.60. The highest BCUT2D eigenvalue weighted by atomic mass is 16.5. The van der Waals surface area contributed by atoms with Gasteiger partial charge < -0.3 is 24.4 Å². The van der Waals surface area contributed by atoms with E-state index in [0.717, 1.165) is 22.5 Å². The van der Waals surface area contributed by atoms with Crippen molar-refractivity contribution in [3.8, 4) is 17.2 Å². The Morgan fingerprint density at radius 1 is 1.00 bits per heavy atom. The van der Waals surface area contributed by atoms with Crippen LogP contribution in [-0.4, -0.2) is 41.3 Å². The van der Waals surface area contributed by atoms with Gasteiger partial charge in [0.05, 0.1) is 21.3 Å². The van der Waals surface area contributed by atoms with E-state index in [2.05, 4.69) is 5.32 Å². The molecule has 0 aromatic heterocycles. The minimum Gasteiger partial charge on any atom is -0.493 e. The molecule has 1 N–H and O–H groups in total. The second-order valence-corrected chi connectivity index (χ2v) is 6.44. The number of carbonyl (C=O) groups excluding carboxylic acids is 1. The van der Waals surface area contributed by atoms with Crippen LogP contribution < -0.4 is 24.4 Å². The molecule has 0 aliphatic heterocycles. The smallest absolute Gasteiger partial charge is 0.224 e. The predicted molar refractivity (Wildman–Crippen MR) is 109 cm³/mol. The summed E-state index contributed by atoms with van der Waals surface area (Å²) in [5.41, 5.74) is 3.93. The first-order chi connectivity index (χ1) is 12.9. The number of aryl methyl sites for hydroxylation is 2. The minimum absolute atomic E-state index is 0.0520. The normalized spacial score (nSPS) is 10.3. The SMILES string of the molecule is COc1ccc(CCC(=O)Nc2ccc(N(C)C)c(C)c2)c(OC)c1OC. The van der Waals surface area contributed by atoms with Crippen molar-refractivity contribution in [3.05, 3.63) is 41.5 Å². The molecule has 0 aliphatic carbocycles. The Balaban J connectivity index is 2.07. The molecule has 1 amide bonds. The number of nitrogens with one attached hydrogen (secondary N) is 1. The lowest BCUT2D eigenvalue weighted by atomic mass is 10.1. The fourth-order valence-electron chi connectivity index (χ4n) is 3.07. The van der Waals surface area contributed by atoms with Gasteiger partial charge in [0.1, 0.15) is 0 Å². The topological polar surface area (TPSA) is 60.0 Å². The summed E-state index contributed by atoms with van der Waals surface area (Å²) in [7, 11) is 8.72. The summed E-state index contributed by atoms with van der Waals surface area (Å²) >= 11 is 0. The van der Waals surface area contributed by atoms with Crippen molar-refractivity contribution in [1.82, 2.24) is 0 Å². The molecule has 2 aromatic carbocycles. The number of carbonyl (C=O) groups is 1. The first kappa shape index (κ1) is 20.4. The van der Waals surface area contributed by atoms with Crippen LogP contribution in [0.25, 0.3) is 0 Å². The first-order valence-corrected chi connectivity index (χ1v) is 8.77. The van der Waals surface area contributed by atoms with E-state index in [9.17, 15) is 4.79 Å². The second-order valence-electron chi connectivity index (χ2n) is 6.44. The largest absolute Gasteiger partial charge is 0.493 e. The molecule has 0 bridgehead atoms. The van der Waals surface area contributed by atoms with E-state index < -0.39 is 0 Å². The molecule has 146 valence electrons. The quantitative estimate of drug-likeness (QED) is 0.766. The highest BCUT2D eigenvalue weighted by molar-refractivity contribution is 5.91. The van der Waals surface area contributed by atoms with Crippen LogP contribution in [0.1, 0.15) is 17.5 Å². The Hall–Kier alpha value is -2.89. The summed E-state index contributed by atoms with van der Waals surface area (Å²) < 4.78 is 16.1. The molecule has 2 aromatic rings. The molecule has 0 spiro atoms. The lowest BCUT2D eigenvalue weighted by molar-refractivity contribution is -0.116. The number of methoxy groups -OCH3 is 3. The number of hydrogen-bond acceptors (Lipinski definition) is 5. The zero-order valence-electron chi connectivity index (χ0n) is 16.9. The van der Waals surface area contributed by atoms with Crippen molar-refractivity contribution in [3.63, 3.8) is 0 Å². The van der Waals surface area contributed by atoms with E-state index in [-0.39, 0.29) is 5.91 Å². The Kier molecular flexibility index (Phi) is 6.93. The first-order valence-electron chi connectivity index (χ1n) is 8.77. The summed E-state index contributed by atoms with van der Waals surface area (Å²) in [6.07, 6.45) is 0.866. The zero-order valence-corrected chi connectivity index (χ0v) is 16.9. The van der Waals surface area contributed by atoms with Gasteiger partial charge in [-0.2, -0.15) is 0 Å². The van der Waals surface area contributed by atoms with E-state index in [1.165, 1.54) is 0 Å². The number of anilines is 2. The van der Waals surface area contributed by atoms with Crippen molar-refractivity contribution in [2.24, 2.45) is 0 Å². The van der Waals surface area contributed by atoms with Gasteiger partial charge in [-0.3, -0.25) is 4.79 Å². The van der Waals surface area contributed by atoms with Crippen LogP contribution >= 0.6 is 0 Å². The average Bonchev–Trinajstić information content (AvgIpc) is 2.65. The summed E-state index contributed by atoms with van der Waals surface area (Å²) in [5.74, 6) is 1.67. The highest BCUT2D eigenvalue weighted by Crippen LogP contribution is 2.40. The van der Waals surface area contributed by atoms with Crippen molar-refractivity contribution in [2.45, 2.75) is 19.8 Å². The van der Waals surface area contributed by atoms with Crippen molar-refractivity contribution < 1.29 is 19.0 Å². The van der Waals surface area contributed by atoms with E-state index in [1.807, 2.05) is 56.3 Å². The van der Waals surface area contributed by atoms with Gasteiger partial charge in [0, 0.05) is 31.9 Å². The average molecular weight is 372 g/mol. The van der Waals surface area contributed by atoms with Gasteiger partial charge in [0.15, 0.2) is 11.5 Å². The van der Waals surface area contributed by atoms with Gasteiger partial charge in [-0.1, -0.05) is 6.07 Å². The molecule has 0 atom stereocenters. The van der Waals surface area contributed by atoms with Gasteiger partial charge in [0.2, 0.25) is 11.7 Å². The third-order valence-electron chi connectivity index (χ3n) is 4.37. The van der Waals surface area contributed by atoms with Crippen LogP contribution in [0.2, 0.25) is 0 Å². The second kappa shape index (κ2) is 9.16. The summed E-state index contributed by atoms with van der Waals surface area (Å²) in [4.78, 5) is 14.4. The fraction of sp³-hybridized carbons (Fsp3) is 0.381. The maximum Gasteiger partial charge on any atom is 0.224 e. The van der Waals surface area contributed by atoms with E-state index >= 15 is 0 Å². The Bertz CT molecular complexity index is 803. The van der Waals surface area contributed by atoms with Crippen LogP contribution in [0.15, 0.2) is 30.3 Å². The molecule has 0 saturated carbocycles. The number of hydrogen-bond donors (Lipinski definition) is 1. The molecule has 6 heteroatoms. The van der Waals surface area contributed by atoms with Crippen LogP contribution in [0, 0.1) is 6.92 Å². The maximum absolute atomic E-state index is 12.4. The van der Waals surface area contributed by atoms with Crippen molar-refractivity contribution >= 4 is 17.3 Å². The number of ether oxygens (including phenoxy) is 3. The van der Waals surface area contributed by atoms with Gasteiger partial charge in [-0.15, -0.1) is 0 Å². The molecule has 27 heavy (non-hydrogen) atoms. The summed E-state index contributed by atoms with van der Waals surface area (Å²) in [6.45, 7) is 2.03. The van der Waals surface area contributed by atoms with Crippen LogP contribution in [0.3, 0.4) is 0 Å². The van der Waals surface area contributed by atoms with E-state index in [1.54, 1.807) is 21.3 Å². The lowest BCUT2D eigenvalue weighted by Gasteiger charge is -2.17. The van der Waals surface area contributed by atoms with Gasteiger partial charge >= 0.3 is 0 Å². The van der Waals surface area contributed by atoms with E-state index in [0.29, 0.717) is 30.1 Å². The molecule has 0 saturated heterocycles. The van der Waals surface area contributed by atoms with Crippen LogP contribution in [0.5, 0.6) is 17.2 Å². The number of rotatable bonds is 8. The molecule has 0 fully saturated rings. The van der Waals surface area contributed by atoms with Gasteiger partial charge in [-0.05, 0) is 48.7 Å². The predicted octanol–water partition coefficient (Wildman–Crippen LogP) is 3.66. The van der Waals surface area contributed by atoms with Gasteiger partial charge in [-0.25, -0.2) is 0 Å². The third-order valence-corrected chi connectivity index (χ3v) is 4.37. The Morgan fingerprint density at radius 2 is 1.70 bits per heavy atom. The Morgan fingerprint density at radius 3 is 2.26 bits per heavy atom. The monoisotopic (exact) mass is 372 g/mol. The highest BCUT2D eigenvalue weighted by Gasteiger charge is 2.16. The number of amides is 1. The lowest BCUT2D eigenvalue weighted by Crippen LogP contribution is -2.14. The zero-order chi connectivity index (χ0) is 20.0. The summed E-state index contributed by atoms with van der Waals surface area (Å²) in [5, 5.41) is 2.95. The van der Waals surface area contributed by atoms with Crippen LogP contribution in [-0.2, 0) is 11.2 Å². The molecular formula is C21H28N2O4. The molecule has 2 rings (SSSR count). The number of benzene rings is 2. The van der Waals surface area contributed by atoms with Crippen molar-refractivity contribution in [2.75, 3.05) is 45.6 Å². The number of nitrogens with zero attached hydrogens (tertiary/aromatic N) is 1. The molecular weight excluding hydrogens is 344 g/mol.